The van der Waals surface area contributed by atoms with Crippen molar-refractivity contribution in [2.75, 3.05) is 0 Å². The van der Waals surface area contributed by atoms with E-state index in [9.17, 15) is 10.4 Å². The van der Waals surface area contributed by atoms with Crippen molar-refractivity contribution in [1.29, 1.82) is 5.26 Å². The van der Waals surface area contributed by atoms with E-state index in [4.69, 9.17) is 0 Å². The van der Waals surface area contributed by atoms with Gasteiger partial charge in [0.1, 0.15) is 0 Å². The Balaban J connectivity index is 2.37. The third-order valence-corrected chi connectivity index (χ3v) is 4.75. The summed E-state index contributed by atoms with van der Waals surface area (Å²) >= 11 is 0. The lowest BCUT2D eigenvalue weighted by Crippen LogP contribution is -2.52. The molecular formula is C13H21NO. The van der Waals surface area contributed by atoms with Gasteiger partial charge in [-0.05, 0) is 37.0 Å². The standard InChI is InChI=1S/C13H21NO/c1-12(2)7-4-8-13(9-14)10(12)5-3-6-11(13)15/h10-11,15H,3-8H2,1-2H3/t10-,11+,13+/m1/s1. The maximum atomic E-state index is 10.2. The molecule has 0 bridgehead atoms. The predicted octanol–water partition coefficient (Wildman–Crippen LogP) is 2.87. The molecule has 2 heteroatoms. The highest BCUT2D eigenvalue weighted by atomic mass is 16.3. The van der Waals surface area contributed by atoms with Crippen LogP contribution in [0.2, 0.25) is 0 Å². The molecule has 0 aromatic carbocycles. The van der Waals surface area contributed by atoms with E-state index < -0.39 is 5.41 Å². The highest BCUT2D eigenvalue weighted by Crippen LogP contribution is 2.57. The van der Waals surface area contributed by atoms with E-state index in [0.717, 1.165) is 32.1 Å². The SMILES string of the molecule is CC1(C)CCC[C@]2(C#N)[C@@H]1CCC[C@@H]2O. The lowest BCUT2D eigenvalue weighted by molar-refractivity contribution is -0.0902. The molecule has 0 amide bonds. The minimum absolute atomic E-state index is 0.232. The summed E-state index contributed by atoms with van der Waals surface area (Å²) in [6.45, 7) is 4.53. The number of rotatable bonds is 0. The number of hydrogen-bond acceptors (Lipinski definition) is 2. The number of nitrogens with zero attached hydrogens (tertiary/aromatic N) is 1. The van der Waals surface area contributed by atoms with Crippen molar-refractivity contribution in [3.8, 4) is 6.07 Å². The average molecular weight is 207 g/mol. The Morgan fingerprint density at radius 3 is 2.53 bits per heavy atom. The van der Waals surface area contributed by atoms with Gasteiger partial charge in [-0.25, -0.2) is 0 Å². The van der Waals surface area contributed by atoms with Crippen LogP contribution in [0.5, 0.6) is 0 Å². The molecule has 2 nitrogen and oxygen atoms in total. The van der Waals surface area contributed by atoms with Gasteiger partial charge in [0.2, 0.25) is 0 Å². The van der Waals surface area contributed by atoms with E-state index in [1.54, 1.807) is 0 Å². The van der Waals surface area contributed by atoms with Gasteiger partial charge in [-0.3, -0.25) is 0 Å². The highest BCUT2D eigenvalue weighted by molar-refractivity contribution is 5.14. The number of hydrogen-bond donors (Lipinski definition) is 1. The van der Waals surface area contributed by atoms with Crippen molar-refractivity contribution >= 4 is 0 Å². The van der Waals surface area contributed by atoms with Crippen molar-refractivity contribution in [2.24, 2.45) is 16.7 Å². The van der Waals surface area contributed by atoms with Gasteiger partial charge >= 0.3 is 0 Å². The zero-order chi connectivity index (χ0) is 11.1. The van der Waals surface area contributed by atoms with Crippen molar-refractivity contribution in [1.82, 2.24) is 0 Å². The highest BCUT2D eigenvalue weighted by Gasteiger charge is 2.54. The minimum Gasteiger partial charge on any atom is -0.391 e. The molecule has 0 radical (unpaired) electrons. The molecule has 2 fully saturated rings. The molecule has 3 atom stereocenters. The zero-order valence-electron chi connectivity index (χ0n) is 9.79. The molecular weight excluding hydrogens is 186 g/mol. The predicted molar refractivity (Wildman–Crippen MR) is 59.0 cm³/mol. The fourth-order valence-electron chi connectivity index (χ4n) is 3.91. The molecule has 0 aromatic heterocycles. The van der Waals surface area contributed by atoms with Crippen LogP contribution in [-0.4, -0.2) is 11.2 Å². The lowest BCUT2D eigenvalue weighted by atomic mass is 9.50. The molecule has 2 aliphatic carbocycles. The summed E-state index contributed by atoms with van der Waals surface area (Å²) in [4.78, 5) is 0. The summed E-state index contributed by atoms with van der Waals surface area (Å²) < 4.78 is 0. The Labute approximate surface area is 92.3 Å². The van der Waals surface area contributed by atoms with E-state index in [0.29, 0.717) is 5.92 Å². The first-order valence-electron chi connectivity index (χ1n) is 6.12. The van der Waals surface area contributed by atoms with E-state index >= 15 is 0 Å². The van der Waals surface area contributed by atoms with Crippen LogP contribution in [0, 0.1) is 28.1 Å². The molecule has 1 N–H and O–H groups in total. The number of fused-ring (bicyclic) bond motifs is 1. The van der Waals surface area contributed by atoms with Crippen molar-refractivity contribution < 1.29 is 5.11 Å². The van der Waals surface area contributed by atoms with Crippen LogP contribution >= 0.6 is 0 Å². The summed E-state index contributed by atoms with van der Waals surface area (Å²) in [6, 6.07) is 2.47. The average Bonchev–Trinajstić information content (AvgIpc) is 2.19. The molecule has 0 unspecified atom stereocenters. The van der Waals surface area contributed by atoms with Crippen molar-refractivity contribution in [3.63, 3.8) is 0 Å². The van der Waals surface area contributed by atoms with Gasteiger partial charge in [-0.2, -0.15) is 5.26 Å². The summed E-state index contributed by atoms with van der Waals surface area (Å²) in [7, 11) is 0. The molecule has 0 spiro atoms. The second-order valence-electron chi connectivity index (χ2n) is 5.99. The Morgan fingerprint density at radius 2 is 1.93 bits per heavy atom. The fourth-order valence-corrected chi connectivity index (χ4v) is 3.91. The summed E-state index contributed by atoms with van der Waals surface area (Å²) in [5.74, 6) is 0.396. The van der Waals surface area contributed by atoms with Crippen molar-refractivity contribution in [2.45, 2.75) is 58.5 Å². The Hall–Kier alpha value is -0.550. The monoisotopic (exact) mass is 207 g/mol. The fraction of sp³-hybridized carbons (Fsp3) is 0.923. The van der Waals surface area contributed by atoms with Crippen molar-refractivity contribution in [3.05, 3.63) is 0 Å². The van der Waals surface area contributed by atoms with E-state index in [1.165, 1.54) is 6.42 Å². The van der Waals surface area contributed by atoms with Crippen LogP contribution in [0.4, 0.5) is 0 Å². The zero-order valence-corrected chi connectivity index (χ0v) is 9.79. The van der Waals surface area contributed by atoms with Crippen LogP contribution in [0.25, 0.3) is 0 Å². The van der Waals surface area contributed by atoms with E-state index in [-0.39, 0.29) is 11.5 Å². The second kappa shape index (κ2) is 3.49. The van der Waals surface area contributed by atoms with Crippen LogP contribution in [0.3, 0.4) is 0 Å². The molecule has 2 rings (SSSR count). The maximum absolute atomic E-state index is 10.2. The van der Waals surface area contributed by atoms with Crippen LogP contribution in [0.1, 0.15) is 52.4 Å². The van der Waals surface area contributed by atoms with Gasteiger partial charge in [-0.15, -0.1) is 0 Å². The number of aliphatic hydroxyl groups is 1. The lowest BCUT2D eigenvalue weighted by Gasteiger charge is -2.53. The number of nitriles is 1. The van der Waals surface area contributed by atoms with E-state index in [1.807, 2.05) is 0 Å². The summed E-state index contributed by atoms with van der Waals surface area (Å²) in [5.41, 5.74) is -0.199. The Morgan fingerprint density at radius 1 is 1.20 bits per heavy atom. The first-order chi connectivity index (χ1) is 7.03. The molecule has 2 saturated carbocycles. The Kier molecular flexibility index (Phi) is 2.55. The van der Waals surface area contributed by atoms with E-state index in [2.05, 4.69) is 19.9 Å². The molecule has 0 aromatic rings. The van der Waals surface area contributed by atoms with Gasteiger partial charge in [-0.1, -0.05) is 26.7 Å². The maximum Gasteiger partial charge on any atom is 0.0865 e. The third-order valence-electron chi connectivity index (χ3n) is 4.75. The quantitative estimate of drug-likeness (QED) is 0.663. The normalized spacial score (nSPS) is 44.1. The van der Waals surface area contributed by atoms with Crippen LogP contribution in [0.15, 0.2) is 0 Å². The van der Waals surface area contributed by atoms with Crippen LogP contribution in [-0.2, 0) is 0 Å². The molecule has 15 heavy (non-hydrogen) atoms. The smallest absolute Gasteiger partial charge is 0.0865 e. The second-order valence-corrected chi connectivity index (χ2v) is 5.99. The molecule has 0 saturated heterocycles. The molecule has 0 heterocycles. The van der Waals surface area contributed by atoms with Crippen LogP contribution < -0.4 is 0 Å². The molecule has 0 aliphatic heterocycles. The van der Waals surface area contributed by atoms with Gasteiger partial charge < -0.3 is 5.11 Å². The van der Waals surface area contributed by atoms with Gasteiger partial charge in [0.05, 0.1) is 17.6 Å². The summed E-state index contributed by atoms with van der Waals surface area (Å²) in [6.07, 6.45) is 5.83. The van der Waals surface area contributed by atoms with Gasteiger partial charge in [0, 0.05) is 0 Å². The minimum atomic E-state index is -0.431. The first-order valence-corrected chi connectivity index (χ1v) is 6.12. The largest absolute Gasteiger partial charge is 0.391 e. The summed E-state index contributed by atoms with van der Waals surface area (Å²) in [5, 5.41) is 19.6. The topological polar surface area (TPSA) is 44.0 Å². The number of aliphatic hydroxyl groups excluding tert-OH is 1. The Bertz CT molecular complexity index is 291. The van der Waals surface area contributed by atoms with Gasteiger partial charge in [0.15, 0.2) is 0 Å². The molecule has 2 aliphatic rings. The van der Waals surface area contributed by atoms with Gasteiger partial charge in [0.25, 0.3) is 0 Å². The third kappa shape index (κ3) is 1.49. The molecule has 84 valence electrons. The first kappa shape index (κ1) is 11.0.